The first-order valence-corrected chi connectivity index (χ1v) is 7.09. The van der Waals surface area contributed by atoms with E-state index < -0.39 is 30.0 Å². The van der Waals surface area contributed by atoms with Crippen molar-refractivity contribution >= 4 is 28.5 Å². The van der Waals surface area contributed by atoms with E-state index in [9.17, 15) is 22.8 Å². The molecule has 2 amide bonds. The SMILES string of the molecule is CC1(C(=O)O)CCN(C(=O)Nc2nnc(CC(F)(F)F)s2)C1. The molecule has 0 saturated carbocycles. The molecule has 1 aliphatic rings. The summed E-state index contributed by atoms with van der Waals surface area (Å²) in [5, 5.41) is 18.0. The second kappa shape index (κ2) is 5.71. The number of likely N-dealkylation sites (tertiary alicyclic amines) is 1. The van der Waals surface area contributed by atoms with Crippen LogP contribution in [0.5, 0.6) is 0 Å². The van der Waals surface area contributed by atoms with Gasteiger partial charge in [-0.05, 0) is 13.3 Å². The zero-order valence-corrected chi connectivity index (χ0v) is 12.3. The van der Waals surface area contributed by atoms with Crippen molar-refractivity contribution in [3.05, 3.63) is 5.01 Å². The first-order chi connectivity index (χ1) is 10.1. The first kappa shape index (κ1) is 16.5. The second-order valence-electron chi connectivity index (χ2n) is 5.26. The maximum absolute atomic E-state index is 12.2. The zero-order chi connectivity index (χ0) is 16.5. The lowest BCUT2D eigenvalue weighted by Gasteiger charge is -2.19. The minimum Gasteiger partial charge on any atom is -0.481 e. The number of anilines is 1. The first-order valence-electron chi connectivity index (χ1n) is 6.27. The van der Waals surface area contributed by atoms with E-state index in [1.165, 1.54) is 11.8 Å². The molecule has 2 N–H and O–H groups in total. The summed E-state index contributed by atoms with van der Waals surface area (Å²) in [6.45, 7) is 1.82. The van der Waals surface area contributed by atoms with Crippen LogP contribution in [0.3, 0.4) is 0 Å². The van der Waals surface area contributed by atoms with Crippen molar-refractivity contribution in [3.63, 3.8) is 0 Å². The van der Waals surface area contributed by atoms with Crippen LogP contribution in [0.1, 0.15) is 18.4 Å². The molecule has 2 rings (SSSR count). The predicted molar refractivity (Wildman–Crippen MR) is 70.6 cm³/mol. The standard InChI is InChI=1S/C11H13F3N4O3S/c1-10(7(19)20)2-3-18(5-10)9(21)15-8-17-16-6(22-8)4-11(12,13)14/h2-5H2,1H3,(H,19,20)(H,15,17,21). The number of amides is 2. The highest BCUT2D eigenvalue weighted by atomic mass is 32.1. The van der Waals surface area contributed by atoms with E-state index in [1.807, 2.05) is 0 Å². The molecule has 0 radical (unpaired) electrons. The predicted octanol–water partition coefficient (Wildman–Crippen LogP) is 1.97. The minimum atomic E-state index is -4.39. The van der Waals surface area contributed by atoms with Gasteiger partial charge in [0.1, 0.15) is 5.01 Å². The smallest absolute Gasteiger partial charge is 0.395 e. The number of nitrogens with zero attached hydrogens (tertiary/aromatic N) is 3. The lowest BCUT2D eigenvalue weighted by Crippen LogP contribution is -2.37. The van der Waals surface area contributed by atoms with Gasteiger partial charge in [-0.15, -0.1) is 10.2 Å². The lowest BCUT2D eigenvalue weighted by atomic mass is 9.90. The van der Waals surface area contributed by atoms with Gasteiger partial charge in [0.2, 0.25) is 5.13 Å². The average molecular weight is 338 g/mol. The van der Waals surface area contributed by atoms with Gasteiger partial charge in [0.15, 0.2) is 0 Å². The Hall–Kier alpha value is -1.91. The van der Waals surface area contributed by atoms with Crippen molar-refractivity contribution in [3.8, 4) is 0 Å². The van der Waals surface area contributed by atoms with Crippen LogP contribution in [0.15, 0.2) is 0 Å². The number of nitrogens with one attached hydrogen (secondary N) is 1. The highest BCUT2D eigenvalue weighted by molar-refractivity contribution is 7.15. The topological polar surface area (TPSA) is 95.4 Å². The van der Waals surface area contributed by atoms with Crippen molar-refractivity contribution in [2.24, 2.45) is 5.41 Å². The van der Waals surface area contributed by atoms with Gasteiger partial charge in [-0.3, -0.25) is 10.1 Å². The number of carboxylic acids is 1. The van der Waals surface area contributed by atoms with E-state index in [0.717, 1.165) is 0 Å². The Morgan fingerprint density at radius 3 is 2.68 bits per heavy atom. The van der Waals surface area contributed by atoms with Crippen LogP contribution in [-0.2, 0) is 11.2 Å². The zero-order valence-electron chi connectivity index (χ0n) is 11.5. The second-order valence-corrected chi connectivity index (χ2v) is 6.32. The summed E-state index contributed by atoms with van der Waals surface area (Å²) in [6.07, 6.45) is -5.29. The number of carbonyl (C=O) groups is 2. The van der Waals surface area contributed by atoms with Gasteiger partial charge < -0.3 is 10.0 Å². The largest absolute Gasteiger partial charge is 0.481 e. The number of aliphatic carboxylic acids is 1. The number of carboxylic acid groups (broad SMARTS) is 1. The third-order valence-corrected chi connectivity index (χ3v) is 4.15. The van der Waals surface area contributed by atoms with Crippen LogP contribution in [0.4, 0.5) is 23.1 Å². The Kier molecular flexibility index (Phi) is 4.27. The molecule has 122 valence electrons. The fourth-order valence-electron chi connectivity index (χ4n) is 2.03. The van der Waals surface area contributed by atoms with Crippen molar-refractivity contribution in [1.29, 1.82) is 0 Å². The van der Waals surface area contributed by atoms with Crippen molar-refractivity contribution in [1.82, 2.24) is 15.1 Å². The number of alkyl halides is 3. The summed E-state index contributed by atoms with van der Waals surface area (Å²) >= 11 is 0.636. The maximum atomic E-state index is 12.2. The third kappa shape index (κ3) is 3.84. The van der Waals surface area contributed by atoms with Crippen LogP contribution in [-0.4, -0.2) is 51.5 Å². The van der Waals surface area contributed by atoms with Gasteiger partial charge in [0.25, 0.3) is 0 Å². The molecule has 22 heavy (non-hydrogen) atoms. The molecule has 1 aliphatic heterocycles. The molecule has 1 aromatic heterocycles. The van der Waals surface area contributed by atoms with Crippen molar-refractivity contribution in [2.75, 3.05) is 18.4 Å². The Labute approximate surface area is 127 Å². The number of rotatable bonds is 3. The van der Waals surface area contributed by atoms with Gasteiger partial charge in [-0.1, -0.05) is 11.3 Å². The van der Waals surface area contributed by atoms with Crippen molar-refractivity contribution < 1.29 is 27.9 Å². The van der Waals surface area contributed by atoms with Gasteiger partial charge >= 0.3 is 18.2 Å². The molecular weight excluding hydrogens is 325 g/mol. The number of aromatic nitrogens is 2. The molecule has 1 fully saturated rings. The Morgan fingerprint density at radius 2 is 2.14 bits per heavy atom. The van der Waals surface area contributed by atoms with Crippen LogP contribution in [0, 0.1) is 5.41 Å². The molecule has 0 bridgehead atoms. The van der Waals surface area contributed by atoms with Crippen LogP contribution in [0.2, 0.25) is 0 Å². The Morgan fingerprint density at radius 1 is 1.45 bits per heavy atom. The van der Waals surface area contributed by atoms with Gasteiger partial charge in [0.05, 0.1) is 11.8 Å². The summed E-state index contributed by atoms with van der Waals surface area (Å²) in [5.74, 6) is -0.994. The quantitative estimate of drug-likeness (QED) is 0.878. The third-order valence-electron chi connectivity index (χ3n) is 3.31. The fraction of sp³-hybridized carbons (Fsp3) is 0.636. The summed E-state index contributed by atoms with van der Waals surface area (Å²) in [5.41, 5.74) is -1.01. The number of hydrogen-bond donors (Lipinski definition) is 2. The molecule has 0 aromatic carbocycles. The molecule has 1 saturated heterocycles. The highest BCUT2D eigenvalue weighted by Gasteiger charge is 2.42. The van der Waals surface area contributed by atoms with E-state index in [4.69, 9.17) is 5.11 Å². The van der Waals surface area contributed by atoms with Gasteiger partial charge in [-0.2, -0.15) is 13.2 Å². The van der Waals surface area contributed by atoms with E-state index in [1.54, 1.807) is 0 Å². The number of hydrogen-bond acceptors (Lipinski definition) is 5. The normalized spacial score (nSPS) is 21.9. The van der Waals surface area contributed by atoms with Gasteiger partial charge in [0, 0.05) is 13.1 Å². The van der Waals surface area contributed by atoms with Gasteiger partial charge in [-0.25, -0.2) is 4.79 Å². The molecular formula is C11H13F3N4O3S. The summed E-state index contributed by atoms with van der Waals surface area (Å²) in [6, 6.07) is -0.598. The van der Waals surface area contributed by atoms with E-state index >= 15 is 0 Å². The molecule has 1 aromatic rings. The summed E-state index contributed by atoms with van der Waals surface area (Å²) in [7, 11) is 0. The molecule has 0 spiro atoms. The average Bonchev–Trinajstić information content (AvgIpc) is 2.95. The Balaban J connectivity index is 1.95. The van der Waals surface area contributed by atoms with Crippen molar-refractivity contribution in [2.45, 2.75) is 25.9 Å². The molecule has 0 aliphatic carbocycles. The minimum absolute atomic E-state index is 0.0301. The lowest BCUT2D eigenvalue weighted by molar-refractivity contribution is -0.147. The van der Waals surface area contributed by atoms with E-state index in [-0.39, 0.29) is 23.2 Å². The number of urea groups is 1. The fourth-order valence-corrected chi connectivity index (χ4v) is 2.79. The molecule has 11 heteroatoms. The maximum Gasteiger partial charge on any atom is 0.395 e. The monoisotopic (exact) mass is 338 g/mol. The molecule has 1 unspecified atom stereocenters. The number of carbonyl (C=O) groups excluding carboxylic acids is 1. The van der Waals surface area contributed by atoms with Crippen LogP contribution >= 0.6 is 11.3 Å². The summed E-state index contributed by atoms with van der Waals surface area (Å²) in [4.78, 5) is 24.3. The molecule has 1 atom stereocenters. The highest BCUT2D eigenvalue weighted by Crippen LogP contribution is 2.31. The summed E-state index contributed by atoms with van der Waals surface area (Å²) < 4.78 is 36.6. The van der Waals surface area contributed by atoms with Crippen LogP contribution < -0.4 is 5.32 Å². The van der Waals surface area contributed by atoms with E-state index in [0.29, 0.717) is 17.8 Å². The number of halogens is 3. The molecule has 2 heterocycles. The van der Waals surface area contributed by atoms with E-state index in [2.05, 4.69) is 15.5 Å². The Bertz CT molecular complexity index is 591. The molecule has 7 nitrogen and oxygen atoms in total. The van der Waals surface area contributed by atoms with Crippen LogP contribution in [0.25, 0.3) is 0 Å².